The Morgan fingerprint density at radius 1 is 0.848 bits per heavy atom. The van der Waals surface area contributed by atoms with Gasteiger partial charge < -0.3 is 9.47 Å². The summed E-state index contributed by atoms with van der Waals surface area (Å²) in [7, 11) is 1.60. The van der Waals surface area contributed by atoms with Crippen LogP contribution < -0.4 is 19.4 Å². The molecule has 168 valence electrons. The first-order chi connectivity index (χ1) is 16.1. The van der Waals surface area contributed by atoms with Crippen LogP contribution in [0.3, 0.4) is 0 Å². The average molecular weight is 444 g/mol. The third-order valence-electron chi connectivity index (χ3n) is 5.97. The van der Waals surface area contributed by atoms with Crippen LogP contribution in [0.2, 0.25) is 0 Å². The zero-order valence-corrected chi connectivity index (χ0v) is 18.4. The summed E-state index contributed by atoms with van der Waals surface area (Å²) in [6.07, 6.45) is -0.916. The molecule has 2 amide bonds. The van der Waals surface area contributed by atoms with E-state index in [1.54, 1.807) is 36.4 Å². The van der Waals surface area contributed by atoms with Crippen LogP contribution in [-0.4, -0.2) is 31.6 Å². The first-order valence-corrected chi connectivity index (χ1v) is 10.9. The van der Waals surface area contributed by atoms with Crippen LogP contribution in [0.5, 0.6) is 11.5 Å². The lowest BCUT2D eigenvalue weighted by atomic mass is 9.90. The number of carbonyl (C=O) groups is 2. The molecule has 0 unspecified atom stereocenters. The van der Waals surface area contributed by atoms with Crippen molar-refractivity contribution in [3.8, 4) is 11.5 Å². The van der Waals surface area contributed by atoms with Crippen molar-refractivity contribution >= 4 is 23.2 Å². The summed E-state index contributed by atoms with van der Waals surface area (Å²) in [5.41, 5.74) is 2.11. The average Bonchev–Trinajstić information content (AvgIpc) is 3.36. The van der Waals surface area contributed by atoms with Gasteiger partial charge in [-0.3, -0.25) is 14.4 Å². The highest BCUT2D eigenvalue weighted by Gasteiger charge is 2.60. The molecular weight excluding hydrogens is 420 g/mol. The van der Waals surface area contributed by atoms with Crippen LogP contribution in [0.4, 0.5) is 11.4 Å². The number of methoxy groups -OCH3 is 1. The van der Waals surface area contributed by atoms with Gasteiger partial charge in [-0.2, -0.15) is 0 Å². The Morgan fingerprint density at radius 3 is 2.30 bits per heavy atom. The lowest BCUT2D eigenvalue weighted by molar-refractivity contribution is -0.126. The maximum atomic E-state index is 13.7. The van der Waals surface area contributed by atoms with Crippen molar-refractivity contribution in [2.45, 2.75) is 19.1 Å². The molecular formula is C26H24N2O5. The minimum absolute atomic E-state index is 0.291. The van der Waals surface area contributed by atoms with Gasteiger partial charge in [0.1, 0.15) is 17.4 Å². The third-order valence-corrected chi connectivity index (χ3v) is 5.97. The fraction of sp³-hybridized carbons (Fsp3) is 0.231. The SMILES string of the molecule is CCOc1ccc(N2C(=O)[C@@H]3[C@@H](ON(c4ccccc4)[C@H]3c3cccc(OC)c3)C2=O)cc1. The number of ether oxygens (including phenoxy) is 2. The standard InChI is InChI=1S/C26H24N2O5/c1-3-32-20-14-12-18(13-15-20)27-25(29)22-23(17-8-7-11-21(16-17)31-2)28(33-24(22)26(27)30)19-9-5-4-6-10-19/h4-16,22-24H,3H2,1-2H3/t22-,23-,24+/m0/s1. The molecule has 7 heteroatoms. The van der Waals surface area contributed by atoms with Crippen molar-refractivity contribution in [3.05, 3.63) is 84.4 Å². The van der Waals surface area contributed by atoms with Crippen LogP contribution in [-0.2, 0) is 14.4 Å². The molecule has 0 aromatic heterocycles. The molecule has 2 fully saturated rings. The zero-order chi connectivity index (χ0) is 22.9. The zero-order valence-electron chi connectivity index (χ0n) is 18.4. The predicted molar refractivity (Wildman–Crippen MR) is 123 cm³/mol. The predicted octanol–water partition coefficient (Wildman–Crippen LogP) is 4.15. The number of carbonyl (C=O) groups excluding carboxylic acids is 2. The van der Waals surface area contributed by atoms with Gasteiger partial charge in [0.2, 0.25) is 5.91 Å². The molecule has 3 aromatic rings. The largest absolute Gasteiger partial charge is 0.497 e. The molecule has 5 rings (SSSR count). The fourth-order valence-corrected chi connectivity index (χ4v) is 4.49. The van der Waals surface area contributed by atoms with Gasteiger partial charge in [0.25, 0.3) is 5.91 Å². The quantitative estimate of drug-likeness (QED) is 0.532. The van der Waals surface area contributed by atoms with Crippen LogP contribution in [0.25, 0.3) is 0 Å². The second kappa shape index (κ2) is 8.60. The Balaban J connectivity index is 1.54. The Kier molecular flexibility index (Phi) is 5.48. The van der Waals surface area contributed by atoms with E-state index in [1.165, 1.54) is 4.90 Å². The van der Waals surface area contributed by atoms with Crippen LogP contribution in [0.1, 0.15) is 18.5 Å². The van der Waals surface area contributed by atoms with Crippen LogP contribution in [0.15, 0.2) is 78.9 Å². The Bertz CT molecular complexity index is 1160. The van der Waals surface area contributed by atoms with Gasteiger partial charge >= 0.3 is 0 Å². The van der Waals surface area contributed by atoms with Crippen molar-refractivity contribution in [2.24, 2.45) is 5.92 Å². The highest BCUT2D eigenvalue weighted by Crippen LogP contribution is 2.48. The number of benzene rings is 3. The van der Waals surface area contributed by atoms with Crippen LogP contribution in [0, 0.1) is 5.92 Å². The van der Waals surface area contributed by atoms with E-state index in [9.17, 15) is 9.59 Å². The van der Waals surface area contributed by atoms with Gasteiger partial charge in [-0.1, -0.05) is 30.3 Å². The smallest absolute Gasteiger partial charge is 0.266 e. The number of amides is 2. The normalized spacial score (nSPS) is 21.9. The highest BCUT2D eigenvalue weighted by atomic mass is 16.7. The van der Waals surface area contributed by atoms with Gasteiger partial charge in [0.05, 0.1) is 31.1 Å². The molecule has 3 aromatic carbocycles. The van der Waals surface area contributed by atoms with E-state index < -0.39 is 18.1 Å². The maximum absolute atomic E-state index is 13.7. The number of anilines is 2. The third kappa shape index (κ3) is 3.60. The molecule has 2 heterocycles. The fourth-order valence-electron chi connectivity index (χ4n) is 4.49. The van der Waals surface area contributed by atoms with E-state index in [1.807, 2.05) is 61.5 Å². The number of imide groups is 1. The highest BCUT2D eigenvalue weighted by molar-refractivity contribution is 6.23. The van der Waals surface area contributed by atoms with Crippen LogP contribution >= 0.6 is 0 Å². The van der Waals surface area contributed by atoms with E-state index in [-0.39, 0.29) is 11.8 Å². The molecule has 0 N–H and O–H groups in total. The number of para-hydroxylation sites is 1. The van der Waals surface area contributed by atoms with Crippen molar-refractivity contribution in [3.63, 3.8) is 0 Å². The number of rotatable bonds is 6. The number of hydrogen-bond acceptors (Lipinski definition) is 6. The van der Waals surface area contributed by atoms with Crippen molar-refractivity contribution < 1.29 is 23.9 Å². The maximum Gasteiger partial charge on any atom is 0.266 e. The van der Waals surface area contributed by atoms with E-state index >= 15 is 0 Å². The molecule has 33 heavy (non-hydrogen) atoms. The van der Waals surface area contributed by atoms with E-state index in [4.69, 9.17) is 14.3 Å². The number of hydrogen-bond donors (Lipinski definition) is 0. The molecule has 0 radical (unpaired) electrons. The Labute approximate surface area is 192 Å². The first kappa shape index (κ1) is 21.0. The van der Waals surface area contributed by atoms with E-state index in [2.05, 4.69) is 0 Å². The Hall–Kier alpha value is -3.84. The minimum atomic E-state index is -0.916. The van der Waals surface area contributed by atoms with Gasteiger partial charge in [-0.05, 0) is 61.0 Å². The summed E-state index contributed by atoms with van der Waals surface area (Å²) in [6, 6.07) is 23.5. The monoisotopic (exact) mass is 444 g/mol. The molecule has 2 saturated heterocycles. The lowest BCUT2D eigenvalue weighted by Crippen LogP contribution is -2.37. The number of nitrogens with zero attached hydrogens (tertiary/aromatic N) is 2. The summed E-state index contributed by atoms with van der Waals surface area (Å²) >= 11 is 0. The molecule has 7 nitrogen and oxygen atoms in total. The second-order valence-electron chi connectivity index (χ2n) is 7.87. The molecule has 2 aliphatic heterocycles. The first-order valence-electron chi connectivity index (χ1n) is 10.9. The summed E-state index contributed by atoms with van der Waals surface area (Å²) in [5.74, 6) is -0.0114. The van der Waals surface area contributed by atoms with E-state index in [0.717, 1.165) is 11.3 Å². The van der Waals surface area contributed by atoms with Crippen molar-refractivity contribution in [2.75, 3.05) is 23.7 Å². The molecule has 0 spiro atoms. The minimum Gasteiger partial charge on any atom is -0.497 e. The molecule has 0 bridgehead atoms. The lowest BCUT2D eigenvalue weighted by Gasteiger charge is -2.29. The number of fused-ring (bicyclic) bond motifs is 1. The van der Waals surface area contributed by atoms with Gasteiger partial charge in [-0.15, -0.1) is 0 Å². The van der Waals surface area contributed by atoms with Gasteiger partial charge in [0.15, 0.2) is 6.10 Å². The summed E-state index contributed by atoms with van der Waals surface area (Å²) in [5, 5.41) is 1.68. The molecule has 2 aliphatic rings. The summed E-state index contributed by atoms with van der Waals surface area (Å²) < 4.78 is 10.9. The van der Waals surface area contributed by atoms with Gasteiger partial charge in [0, 0.05) is 0 Å². The molecule has 0 saturated carbocycles. The summed E-state index contributed by atoms with van der Waals surface area (Å²) in [4.78, 5) is 34.4. The topological polar surface area (TPSA) is 68.3 Å². The van der Waals surface area contributed by atoms with Crippen molar-refractivity contribution in [1.29, 1.82) is 0 Å². The molecule has 0 aliphatic carbocycles. The molecule has 3 atom stereocenters. The second-order valence-corrected chi connectivity index (χ2v) is 7.87. The van der Waals surface area contributed by atoms with E-state index in [0.29, 0.717) is 23.8 Å². The number of hydroxylamine groups is 1. The van der Waals surface area contributed by atoms with Gasteiger partial charge in [-0.25, -0.2) is 9.96 Å². The Morgan fingerprint density at radius 2 is 1.61 bits per heavy atom. The van der Waals surface area contributed by atoms with Crippen molar-refractivity contribution in [1.82, 2.24) is 0 Å². The summed E-state index contributed by atoms with van der Waals surface area (Å²) in [6.45, 7) is 2.44.